The van der Waals surface area contributed by atoms with Crippen LogP contribution in [0.3, 0.4) is 0 Å². The van der Waals surface area contributed by atoms with Gasteiger partial charge in [0.1, 0.15) is 54.3 Å². The maximum absolute atomic E-state index is 6.21. The number of benzene rings is 4. The van der Waals surface area contributed by atoms with Gasteiger partial charge in [-0.25, -0.2) is 4.98 Å². The SMILES string of the molecule is c1ccc2c(c1)N=Nc1ccc([nH]1)N=Nc1ccccc1OCCOc1cc(-c3nc4ccccc4s3)ccc1OCCO2. The predicted molar refractivity (Wildman–Crippen MR) is 169 cm³/mol. The van der Waals surface area contributed by atoms with Crippen LogP contribution in [0.15, 0.2) is 124 Å². The number of rotatable bonds is 1. The highest BCUT2D eigenvalue weighted by Crippen LogP contribution is 2.37. The van der Waals surface area contributed by atoms with Gasteiger partial charge in [0.15, 0.2) is 23.1 Å². The highest BCUT2D eigenvalue weighted by molar-refractivity contribution is 7.21. The molecule has 1 N–H and O–H groups in total. The summed E-state index contributed by atoms with van der Waals surface area (Å²) in [6, 6.07) is 32.4. The van der Waals surface area contributed by atoms with Gasteiger partial charge >= 0.3 is 0 Å². The van der Waals surface area contributed by atoms with Crippen LogP contribution < -0.4 is 18.9 Å². The number of aromatic nitrogens is 2. The summed E-state index contributed by atoms with van der Waals surface area (Å²) in [5.41, 5.74) is 3.08. The minimum atomic E-state index is 0.276. The molecule has 1 aliphatic heterocycles. The van der Waals surface area contributed by atoms with Crippen molar-refractivity contribution in [2.24, 2.45) is 20.5 Å². The highest BCUT2D eigenvalue weighted by Gasteiger charge is 2.13. The summed E-state index contributed by atoms with van der Waals surface area (Å²) in [6.07, 6.45) is 0. The van der Waals surface area contributed by atoms with Crippen LogP contribution in [0.1, 0.15) is 0 Å². The third kappa shape index (κ3) is 6.27. The third-order valence-corrected chi connectivity index (χ3v) is 7.68. The van der Waals surface area contributed by atoms with Gasteiger partial charge < -0.3 is 23.9 Å². The number of H-pyrrole nitrogens is 1. The number of nitrogens with zero attached hydrogens (tertiary/aromatic N) is 5. The van der Waals surface area contributed by atoms with Crippen LogP contribution in [0.4, 0.5) is 23.0 Å². The Hall–Kier alpha value is -5.55. The number of thiazole rings is 1. The normalized spacial score (nSPS) is 13.6. The first-order valence-corrected chi connectivity index (χ1v) is 14.8. The quantitative estimate of drug-likeness (QED) is 0.201. The molecular weight excluding hydrogens is 576 g/mol. The first-order valence-electron chi connectivity index (χ1n) is 14.0. The first kappa shape index (κ1) is 27.3. The Morgan fingerprint density at radius 1 is 0.523 bits per heavy atom. The summed E-state index contributed by atoms with van der Waals surface area (Å²) in [5, 5.41) is 18.3. The van der Waals surface area contributed by atoms with Crippen LogP contribution in [0.25, 0.3) is 20.8 Å². The third-order valence-electron chi connectivity index (χ3n) is 6.60. The summed E-state index contributed by atoms with van der Waals surface area (Å²) in [6.45, 7) is 1.13. The first-order chi connectivity index (χ1) is 21.8. The molecule has 0 atom stereocenters. The molecular formula is C33H26N6O4S. The molecule has 0 saturated heterocycles. The topological polar surface area (TPSA) is 115 Å². The lowest BCUT2D eigenvalue weighted by molar-refractivity contribution is 0.192. The fraction of sp³-hybridized carbons (Fsp3) is 0.121. The van der Waals surface area contributed by atoms with Gasteiger partial charge in [0, 0.05) is 5.56 Å². The molecule has 0 saturated carbocycles. The largest absolute Gasteiger partial charge is 0.488 e. The standard InChI is InChI=1S/C33H26N6O4S/c1-4-10-26-23(7-1)36-38-31-15-16-32(35-31)39-37-24-8-2-5-11-27(24)41-18-20-43-29-21-22(13-14-28(29)42-19-17-40-26)33-34-25-9-3-6-12-30(25)44-33/h1-16,21,35H,17-20H2. The molecule has 11 heteroatoms. The zero-order valence-corrected chi connectivity index (χ0v) is 24.2. The van der Waals surface area contributed by atoms with Crippen molar-refractivity contribution in [3.05, 3.63) is 103 Å². The molecule has 6 aromatic rings. The van der Waals surface area contributed by atoms with E-state index in [1.165, 1.54) is 0 Å². The van der Waals surface area contributed by atoms with Crippen molar-refractivity contribution in [1.29, 1.82) is 0 Å². The summed E-state index contributed by atoms with van der Waals surface area (Å²) >= 11 is 1.63. The van der Waals surface area contributed by atoms with Gasteiger partial charge in [0.2, 0.25) is 0 Å². The fourth-order valence-corrected chi connectivity index (χ4v) is 5.47. The Kier molecular flexibility index (Phi) is 7.91. The van der Waals surface area contributed by atoms with Gasteiger partial charge in [-0.15, -0.1) is 31.8 Å². The minimum Gasteiger partial charge on any atom is -0.488 e. The number of azo groups is 2. The average Bonchev–Trinajstić information content (AvgIpc) is 3.71. The number of fused-ring (bicyclic) bond motifs is 6. The van der Waals surface area contributed by atoms with Gasteiger partial charge in [-0.2, -0.15) is 0 Å². The fourth-order valence-electron chi connectivity index (χ4n) is 4.50. The molecule has 44 heavy (non-hydrogen) atoms. The predicted octanol–water partition coefficient (Wildman–Crippen LogP) is 9.35. The molecule has 0 amide bonds. The van der Waals surface area contributed by atoms with E-state index in [1.54, 1.807) is 23.5 Å². The van der Waals surface area contributed by atoms with Crippen molar-refractivity contribution in [2.75, 3.05) is 26.4 Å². The van der Waals surface area contributed by atoms with Gasteiger partial charge in [0.25, 0.3) is 0 Å². The molecule has 0 spiro atoms. The maximum atomic E-state index is 6.21. The lowest BCUT2D eigenvalue weighted by Gasteiger charge is -2.15. The van der Waals surface area contributed by atoms with Crippen molar-refractivity contribution in [3.63, 3.8) is 0 Å². The second-order valence-electron chi connectivity index (χ2n) is 9.61. The van der Waals surface area contributed by atoms with Crippen molar-refractivity contribution >= 4 is 44.6 Å². The van der Waals surface area contributed by atoms with E-state index in [0.29, 0.717) is 52.6 Å². The smallest absolute Gasteiger partial charge is 0.162 e. The Labute approximate surface area is 256 Å². The van der Waals surface area contributed by atoms with E-state index in [1.807, 2.05) is 84.9 Å². The number of ether oxygens (including phenoxy) is 4. The van der Waals surface area contributed by atoms with Gasteiger partial charge in [0.05, 0.1) is 10.2 Å². The van der Waals surface area contributed by atoms with Crippen LogP contribution in [-0.4, -0.2) is 36.4 Å². The molecule has 7 rings (SSSR count). The van der Waals surface area contributed by atoms with Crippen LogP contribution in [0.5, 0.6) is 23.0 Å². The monoisotopic (exact) mass is 602 g/mol. The van der Waals surface area contributed by atoms with E-state index in [4.69, 9.17) is 23.9 Å². The summed E-state index contributed by atoms with van der Waals surface area (Å²) in [4.78, 5) is 7.90. The molecule has 0 radical (unpaired) electrons. The number of nitrogens with one attached hydrogen (secondary N) is 1. The highest BCUT2D eigenvalue weighted by atomic mass is 32.1. The molecule has 1 aliphatic rings. The van der Waals surface area contributed by atoms with E-state index in [0.717, 1.165) is 20.8 Å². The maximum Gasteiger partial charge on any atom is 0.162 e. The van der Waals surface area contributed by atoms with Crippen LogP contribution in [0, 0.1) is 0 Å². The number of para-hydroxylation sites is 3. The molecule has 2 aromatic heterocycles. The van der Waals surface area contributed by atoms with E-state index >= 15 is 0 Å². The summed E-state index contributed by atoms with van der Waals surface area (Å²) < 4.78 is 25.5. The van der Waals surface area contributed by atoms with E-state index in [9.17, 15) is 0 Å². The van der Waals surface area contributed by atoms with Crippen molar-refractivity contribution in [3.8, 4) is 33.6 Å². The zero-order valence-electron chi connectivity index (χ0n) is 23.4. The Bertz CT molecular complexity index is 1930. The zero-order chi connectivity index (χ0) is 29.6. The molecule has 4 aromatic carbocycles. The molecule has 0 unspecified atom stereocenters. The Morgan fingerprint density at radius 3 is 1.75 bits per heavy atom. The van der Waals surface area contributed by atoms with Crippen LogP contribution in [-0.2, 0) is 0 Å². The molecule has 3 heterocycles. The summed E-state index contributed by atoms with van der Waals surface area (Å²) in [5.74, 6) is 3.42. The number of hydrogen-bond acceptors (Lipinski definition) is 10. The van der Waals surface area contributed by atoms with Gasteiger partial charge in [-0.05, 0) is 66.7 Å². The van der Waals surface area contributed by atoms with Gasteiger partial charge in [-0.3, -0.25) is 0 Å². The molecule has 10 nitrogen and oxygen atoms in total. The summed E-state index contributed by atoms with van der Waals surface area (Å²) in [7, 11) is 0. The van der Waals surface area contributed by atoms with Crippen LogP contribution >= 0.6 is 11.3 Å². The van der Waals surface area contributed by atoms with Crippen LogP contribution in [0.2, 0.25) is 0 Å². The lowest BCUT2D eigenvalue weighted by Crippen LogP contribution is -2.12. The number of hydrogen-bond donors (Lipinski definition) is 1. The van der Waals surface area contributed by atoms with Crippen molar-refractivity contribution in [2.45, 2.75) is 0 Å². The second-order valence-corrected chi connectivity index (χ2v) is 10.6. The average molecular weight is 603 g/mol. The van der Waals surface area contributed by atoms with Crippen molar-refractivity contribution in [1.82, 2.24) is 9.97 Å². The van der Waals surface area contributed by atoms with E-state index < -0.39 is 0 Å². The minimum absolute atomic E-state index is 0.276. The Balaban J connectivity index is 1.18. The number of aromatic amines is 1. The van der Waals surface area contributed by atoms with Crippen molar-refractivity contribution < 1.29 is 18.9 Å². The second kappa shape index (κ2) is 12.8. The molecule has 0 fully saturated rings. The molecule has 0 aliphatic carbocycles. The van der Waals surface area contributed by atoms with E-state index in [-0.39, 0.29) is 19.8 Å². The van der Waals surface area contributed by atoms with Gasteiger partial charge in [-0.1, -0.05) is 36.4 Å². The molecule has 218 valence electrons. The lowest BCUT2D eigenvalue weighted by atomic mass is 10.2. The Morgan fingerprint density at radius 2 is 1.09 bits per heavy atom. The van der Waals surface area contributed by atoms with E-state index in [2.05, 4.69) is 31.5 Å². The molecule has 2 bridgehead atoms.